The van der Waals surface area contributed by atoms with Crippen molar-refractivity contribution in [1.29, 1.82) is 0 Å². The van der Waals surface area contributed by atoms with Crippen LogP contribution in [-0.4, -0.2) is 17.5 Å². The molecule has 0 unspecified atom stereocenters. The molecule has 0 saturated heterocycles. The SMILES string of the molecule is CC(=Nc1ccc(F)c(N)c1)NC(=O)OC(C)(C)C. The number of hydrogen-bond acceptors (Lipinski definition) is 4. The molecule has 1 aromatic carbocycles. The van der Waals surface area contributed by atoms with Gasteiger partial charge in [0, 0.05) is 0 Å². The van der Waals surface area contributed by atoms with Crippen LogP contribution in [0.1, 0.15) is 27.7 Å². The monoisotopic (exact) mass is 267 g/mol. The molecular formula is C13H18FN3O2. The number of benzene rings is 1. The van der Waals surface area contributed by atoms with Crippen LogP contribution < -0.4 is 11.1 Å². The van der Waals surface area contributed by atoms with E-state index in [-0.39, 0.29) is 5.69 Å². The molecule has 3 N–H and O–H groups in total. The number of alkyl carbamates (subject to hydrolysis) is 1. The van der Waals surface area contributed by atoms with Gasteiger partial charge >= 0.3 is 6.09 Å². The quantitative estimate of drug-likeness (QED) is 0.466. The second-order valence-electron chi connectivity index (χ2n) is 5.03. The van der Waals surface area contributed by atoms with Gasteiger partial charge in [0.15, 0.2) is 0 Å². The van der Waals surface area contributed by atoms with Crippen LogP contribution >= 0.6 is 0 Å². The molecular weight excluding hydrogens is 249 g/mol. The number of carbonyl (C=O) groups excluding carboxylic acids is 1. The van der Waals surface area contributed by atoms with Crippen LogP contribution in [0.15, 0.2) is 23.2 Å². The van der Waals surface area contributed by atoms with Crippen molar-refractivity contribution in [3.8, 4) is 0 Å². The van der Waals surface area contributed by atoms with E-state index < -0.39 is 17.5 Å². The Morgan fingerprint density at radius 2 is 2.05 bits per heavy atom. The van der Waals surface area contributed by atoms with Crippen molar-refractivity contribution in [3.05, 3.63) is 24.0 Å². The normalized spacial score (nSPS) is 12.2. The van der Waals surface area contributed by atoms with Crippen LogP contribution in [-0.2, 0) is 4.74 Å². The Morgan fingerprint density at radius 3 is 2.58 bits per heavy atom. The van der Waals surface area contributed by atoms with E-state index in [0.29, 0.717) is 11.5 Å². The first kappa shape index (κ1) is 14.9. The molecule has 0 aliphatic carbocycles. The van der Waals surface area contributed by atoms with Crippen LogP contribution in [0.25, 0.3) is 0 Å². The van der Waals surface area contributed by atoms with E-state index in [2.05, 4.69) is 10.3 Å². The molecule has 0 atom stereocenters. The van der Waals surface area contributed by atoms with Gasteiger partial charge < -0.3 is 10.5 Å². The van der Waals surface area contributed by atoms with Crippen LogP contribution in [0, 0.1) is 5.82 Å². The highest BCUT2D eigenvalue weighted by Gasteiger charge is 2.16. The van der Waals surface area contributed by atoms with Gasteiger partial charge in [0.2, 0.25) is 0 Å². The van der Waals surface area contributed by atoms with E-state index in [0.717, 1.165) is 0 Å². The molecule has 19 heavy (non-hydrogen) atoms. The Hall–Kier alpha value is -2.11. The Bertz CT molecular complexity index is 507. The van der Waals surface area contributed by atoms with Crippen LogP contribution in [0.4, 0.5) is 20.6 Å². The van der Waals surface area contributed by atoms with Crippen molar-refractivity contribution in [2.24, 2.45) is 4.99 Å². The van der Waals surface area contributed by atoms with E-state index in [1.54, 1.807) is 27.7 Å². The molecule has 0 radical (unpaired) electrons. The minimum absolute atomic E-state index is 0.00585. The number of aliphatic imine (C=N–C) groups is 1. The Kier molecular flexibility index (Phi) is 4.47. The summed E-state index contributed by atoms with van der Waals surface area (Å²) in [6.45, 7) is 6.89. The fourth-order valence-corrected chi connectivity index (χ4v) is 1.27. The summed E-state index contributed by atoms with van der Waals surface area (Å²) < 4.78 is 18.0. The first-order valence-electron chi connectivity index (χ1n) is 5.78. The zero-order valence-corrected chi connectivity index (χ0v) is 11.5. The first-order valence-corrected chi connectivity index (χ1v) is 5.78. The van der Waals surface area contributed by atoms with E-state index in [1.165, 1.54) is 18.2 Å². The minimum Gasteiger partial charge on any atom is -0.444 e. The summed E-state index contributed by atoms with van der Waals surface area (Å²) >= 11 is 0. The first-order chi connectivity index (χ1) is 8.67. The molecule has 0 fully saturated rings. The molecule has 0 bridgehead atoms. The van der Waals surface area contributed by atoms with Gasteiger partial charge in [0.25, 0.3) is 0 Å². The van der Waals surface area contributed by atoms with Gasteiger partial charge in [0.05, 0.1) is 11.4 Å². The standard InChI is InChI=1S/C13H18FN3O2/c1-8(17-12(18)19-13(2,3)4)16-9-5-6-10(14)11(15)7-9/h5-7H,15H2,1-4H3,(H,16,17,18). The Balaban J connectivity index is 2.71. The number of nitrogens with zero attached hydrogens (tertiary/aromatic N) is 1. The van der Waals surface area contributed by atoms with Gasteiger partial charge in [-0.25, -0.2) is 14.2 Å². The fraction of sp³-hybridized carbons (Fsp3) is 0.385. The number of rotatable bonds is 1. The summed E-state index contributed by atoms with van der Waals surface area (Å²) in [5, 5.41) is 2.47. The molecule has 0 aromatic heterocycles. The molecule has 1 rings (SSSR count). The summed E-state index contributed by atoms with van der Waals surface area (Å²) in [6.07, 6.45) is -0.594. The summed E-state index contributed by atoms with van der Waals surface area (Å²) in [4.78, 5) is 15.6. The lowest BCUT2D eigenvalue weighted by molar-refractivity contribution is 0.0563. The number of amidine groups is 1. The van der Waals surface area contributed by atoms with Crippen molar-refractivity contribution < 1.29 is 13.9 Å². The number of nitrogen functional groups attached to an aromatic ring is 1. The third kappa shape index (κ3) is 5.37. The molecule has 0 saturated carbocycles. The maximum absolute atomic E-state index is 13.0. The number of carbonyl (C=O) groups is 1. The Morgan fingerprint density at radius 1 is 1.42 bits per heavy atom. The molecule has 6 heteroatoms. The fourth-order valence-electron chi connectivity index (χ4n) is 1.27. The maximum Gasteiger partial charge on any atom is 0.413 e. The summed E-state index contributed by atoms with van der Waals surface area (Å²) in [5.41, 5.74) is 5.30. The predicted octanol–water partition coefficient (Wildman–Crippen LogP) is 2.98. The van der Waals surface area contributed by atoms with Crippen LogP contribution in [0.5, 0.6) is 0 Å². The largest absolute Gasteiger partial charge is 0.444 e. The van der Waals surface area contributed by atoms with Crippen molar-refractivity contribution >= 4 is 23.3 Å². The summed E-state index contributed by atoms with van der Waals surface area (Å²) in [5.74, 6) is -0.169. The number of nitrogens with two attached hydrogens (primary N) is 1. The van der Waals surface area contributed by atoms with E-state index in [4.69, 9.17) is 10.5 Å². The van der Waals surface area contributed by atoms with Crippen molar-refractivity contribution in [2.45, 2.75) is 33.3 Å². The van der Waals surface area contributed by atoms with E-state index in [1.807, 2.05) is 0 Å². The number of hydrogen-bond donors (Lipinski definition) is 2. The smallest absolute Gasteiger partial charge is 0.413 e. The zero-order valence-electron chi connectivity index (χ0n) is 11.5. The molecule has 1 aromatic rings. The van der Waals surface area contributed by atoms with Crippen molar-refractivity contribution in [2.75, 3.05) is 5.73 Å². The number of nitrogens with one attached hydrogen (secondary N) is 1. The van der Waals surface area contributed by atoms with Crippen molar-refractivity contribution in [1.82, 2.24) is 5.32 Å². The molecule has 5 nitrogen and oxygen atoms in total. The second-order valence-corrected chi connectivity index (χ2v) is 5.03. The average Bonchev–Trinajstić information content (AvgIpc) is 2.20. The Labute approximate surface area is 111 Å². The topological polar surface area (TPSA) is 76.7 Å². The number of ether oxygens (including phenoxy) is 1. The maximum atomic E-state index is 13.0. The van der Waals surface area contributed by atoms with Gasteiger partial charge in [-0.05, 0) is 45.9 Å². The lowest BCUT2D eigenvalue weighted by Crippen LogP contribution is -2.35. The summed E-state index contributed by atoms with van der Waals surface area (Å²) in [6, 6.07) is 4.07. The molecule has 1 amide bonds. The van der Waals surface area contributed by atoms with Gasteiger partial charge in [-0.3, -0.25) is 5.32 Å². The molecule has 0 aliphatic heterocycles. The van der Waals surface area contributed by atoms with Gasteiger partial charge in [0.1, 0.15) is 17.3 Å². The molecule has 0 aliphatic rings. The molecule has 0 heterocycles. The molecule has 0 spiro atoms. The van der Waals surface area contributed by atoms with Gasteiger partial charge in [-0.15, -0.1) is 0 Å². The third-order valence-corrected chi connectivity index (χ3v) is 1.96. The van der Waals surface area contributed by atoms with E-state index in [9.17, 15) is 9.18 Å². The zero-order chi connectivity index (χ0) is 14.6. The third-order valence-electron chi connectivity index (χ3n) is 1.96. The van der Waals surface area contributed by atoms with E-state index >= 15 is 0 Å². The lowest BCUT2D eigenvalue weighted by Gasteiger charge is -2.19. The van der Waals surface area contributed by atoms with Crippen molar-refractivity contribution in [3.63, 3.8) is 0 Å². The lowest BCUT2D eigenvalue weighted by atomic mass is 10.2. The highest BCUT2D eigenvalue weighted by atomic mass is 19.1. The highest BCUT2D eigenvalue weighted by Crippen LogP contribution is 2.19. The van der Waals surface area contributed by atoms with Gasteiger partial charge in [-0.2, -0.15) is 0 Å². The minimum atomic E-state index is -0.594. The van der Waals surface area contributed by atoms with Crippen LogP contribution in [0.3, 0.4) is 0 Å². The molecule has 104 valence electrons. The van der Waals surface area contributed by atoms with Gasteiger partial charge in [-0.1, -0.05) is 0 Å². The number of amides is 1. The predicted molar refractivity (Wildman–Crippen MR) is 73.0 cm³/mol. The van der Waals surface area contributed by atoms with Crippen LogP contribution in [0.2, 0.25) is 0 Å². The number of anilines is 1. The highest BCUT2D eigenvalue weighted by molar-refractivity contribution is 5.95. The second kappa shape index (κ2) is 5.69. The average molecular weight is 267 g/mol. The summed E-state index contributed by atoms with van der Waals surface area (Å²) in [7, 11) is 0. The number of halogens is 1.